The van der Waals surface area contributed by atoms with Crippen molar-refractivity contribution in [2.75, 3.05) is 0 Å². The van der Waals surface area contributed by atoms with Crippen molar-refractivity contribution in [3.05, 3.63) is 0 Å². The molecule has 0 spiro atoms. The molecule has 0 unspecified atom stereocenters. The summed E-state index contributed by atoms with van der Waals surface area (Å²) in [5.74, 6) is -4.61. The SMILES string of the molecule is O=C(O)CC1(C(=O)O)OO1. The van der Waals surface area contributed by atoms with E-state index in [1.165, 1.54) is 0 Å². The zero-order chi connectivity index (χ0) is 7.78. The Balaban J connectivity index is 2.53. The summed E-state index contributed by atoms with van der Waals surface area (Å²) >= 11 is 0. The van der Waals surface area contributed by atoms with E-state index in [4.69, 9.17) is 10.2 Å². The van der Waals surface area contributed by atoms with Gasteiger partial charge < -0.3 is 10.2 Å². The molecular formula is C4H4O6. The molecule has 0 aromatic heterocycles. The summed E-state index contributed by atoms with van der Waals surface area (Å²) in [6.45, 7) is 0. The first-order valence-corrected chi connectivity index (χ1v) is 2.39. The van der Waals surface area contributed by atoms with Crippen LogP contribution in [0, 0.1) is 0 Å². The van der Waals surface area contributed by atoms with E-state index in [1.54, 1.807) is 0 Å². The van der Waals surface area contributed by atoms with Crippen LogP contribution in [0.15, 0.2) is 0 Å². The maximum absolute atomic E-state index is 10.1. The fourth-order valence-electron chi connectivity index (χ4n) is 0.455. The fourth-order valence-corrected chi connectivity index (χ4v) is 0.455. The van der Waals surface area contributed by atoms with Crippen molar-refractivity contribution in [3.63, 3.8) is 0 Å². The Morgan fingerprint density at radius 2 is 1.80 bits per heavy atom. The Morgan fingerprint density at radius 1 is 1.30 bits per heavy atom. The number of carbonyl (C=O) groups is 2. The minimum absolute atomic E-state index is 0.678. The lowest BCUT2D eigenvalue weighted by molar-refractivity contribution is -0.150. The quantitative estimate of drug-likeness (QED) is 0.401. The highest BCUT2D eigenvalue weighted by atomic mass is 17.4. The van der Waals surface area contributed by atoms with Crippen molar-refractivity contribution in [2.24, 2.45) is 0 Å². The largest absolute Gasteiger partial charge is 0.481 e. The second-order valence-corrected chi connectivity index (χ2v) is 1.80. The summed E-state index contributed by atoms with van der Waals surface area (Å²) in [7, 11) is 0. The normalized spacial score (nSPS) is 20.0. The molecule has 0 aromatic carbocycles. The number of rotatable bonds is 3. The zero-order valence-corrected chi connectivity index (χ0v) is 4.73. The molecule has 1 heterocycles. The van der Waals surface area contributed by atoms with Gasteiger partial charge in [-0.05, 0) is 0 Å². The number of aliphatic carboxylic acids is 2. The van der Waals surface area contributed by atoms with Crippen LogP contribution in [0.5, 0.6) is 0 Å². The molecule has 2 N–H and O–H groups in total. The summed E-state index contributed by atoms with van der Waals surface area (Å²) < 4.78 is 0. The molecule has 0 atom stereocenters. The van der Waals surface area contributed by atoms with Crippen molar-refractivity contribution in [1.82, 2.24) is 0 Å². The lowest BCUT2D eigenvalue weighted by Gasteiger charge is -1.93. The molecule has 56 valence electrons. The van der Waals surface area contributed by atoms with E-state index in [-0.39, 0.29) is 0 Å². The third-order valence-electron chi connectivity index (χ3n) is 0.994. The summed E-state index contributed by atoms with van der Waals surface area (Å²) in [5, 5.41) is 16.4. The predicted octanol–water partition coefficient (Wildman–Crippen LogP) is -0.796. The van der Waals surface area contributed by atoms with Crippen LogP contribution in [0.25, 0.3) is 0 Å². The minimum atomic E-state index is -1.91. The third kappa shape index (κ3) is 1.07. The molecule has 1 aliphatic heterocycles. The van der Waals surface area contributed by atoms with Crippen LogP contribution in [0.2, 0.25) is 0 Å². The molecule has 6 nitrogen and oxygen atoms in total. The van der Waals surface area contributed by atoms with Crippen molar-refractivity contribution in [2.45, 2.75) is 12.2 Å². The number of hydrogen-bond acceptors (Lipinski definition) is 4. The van der Waals surface area contributed by atoms with Gasteiger partial charge in [0.2, 0.25) is 0 Å². The molecule has 6 heteroatoms. The molecule has 0 radical (unpaired) electrons. The fraction of sp³-hybridized carbons (Fsp3) is 0.500. The van der Waals surface area contributed by atoms with Gasteiger partial charge in [0, 0.05) is 0 Å². The highest BCUT2D eigenvalue weighted by Crippen LogP contribution is 2.33. The van der Waals surface area contributed by atoms with E-state index in [2.05, 4.69) is 9.78 Å². The Hall–Kier alpha value is -1.14. The van der Waals surface area contributed by atoms with Crippen LogP contribution in [-0.2, 0) is 19.4 Å². The second-order valence-electron chi connectivity index (χ2n) is 1.80. The number of carboxylic acid groups (broad SMARTS) is 2. The maximum atomic E-state index is 10.1. The summed E-state index contributed by atoms with van der Waals surface area (Å²) in [5.41, 5.74) is 0. The van der Waals surface area contributed by atoms with Gasteiger partial charge in [-0.1, -0.05) is 0 Å². The van der Waals surface area contributed by atoms with Crippen molar-refractivity contribution >= 4 is 11.9 Å². The van der Waals surface area contributed by atoms with Gasteiger partial charge in [-0.3, -0.25) is 4.79 Å². The lowest BCUT2D eigenvalue weighted by atomic mass is 10.2. The molecule has 1 saturated heterocycles. The van der Waals surface area contributed by atoms with Gasteiger partial charge in [0.1, 0.15) is 6.42 Å². The Bertz CT molecular complexity index is 180. The van der Waals surface area contributed by atoms with Gasteiger partial charge in [-0.2, -0.15) is 9.78 Å². The van der Waals surface area contributed by atoms with Gasteiger partial charge in [0.05, 0.1) is 0 Å². The molecule has 10 heavy (non-hydrogen) atoms. The van der Waals surface area contributed by atoms with Crippen LogP contribution in [0.4, 0.5) is 0 Å². The van der Waals surface area contributed by atoms with Crippen LogP contribution < -0.4 is 0 Å². The van der Waals surface area contributed by atoms with Crippen molar-refractivity contribution in [3.8, 4) is 0 Å². The van der Waals surface area contributed by atoms with Gasteiger partial charge in [-0.25, -0.2) is 4.79 Å². The Labute approximate surface area is 54.9 Å². The second kappa shape index (κ2) is 1.93. The van der Waals surface area contributed by atoms with Crippen LogP contribution in [0.1, 0.15) is 6.42 Å². The van der Waals surface area contributed by atoms with E-state index >= 15 is 0 Å². The molecular weight excluding hydrogens is 144 g/mol. The molecule has 0 aromatic rings. The van der Waals surface area contributed by atoms with E-state index < -0.39 is 24.1 Å². The predicted molar refractivity (Wildman–Crippen MR) is 24.8 cm³/mol. The Morgan fingerprint density at radius 3 is 1.90 bits per heavy atom. The average molecular weight is 148 g/mol. The van der Waals surface area contributed by atoms with Crippen molar-refractivity contribution < 1.29 is 29.6 Å². The third-order valence-corrected chi connectivity index (χ3v) is 0.994. The minimum Gasteiger partial charge on any atom is -0.481 e. The maximum Gasteiger partial charge on any atom is 0.370 e. The van der Waals surface area contributed by atoms with E-state index in [0.29, 0.717) is 0 Å². The number of carboxylic acids is 2. The smallest absolute Gasteiger partial charge is 0.370 e. The van der Waals surface area contributed by atoms with Gasteiger partial charge in [0.25, 0.3) is 0 Å². The van der Waals surface area contributed by atoms with Crippen LogP contribution in [-0.4, -0.2) is 27.9 Å². The highest BCUT2D eigenvalue weighted by Gasteiger charge is 2.59. The summed E-state index contributed by atoms with van der Waals surface area (Å²) in [6.07, 6.45) is -0.678. The molecule has 1 rings (SSSR count). The standard InChI is InChI=1S/C4H4O6/c5-2(6)1-4(3(7)8)9-10-4/h1H2,(H,5,6)(H,7,8). The summed E-state index contributed by atoms with van der Waals surface area (Å²) in [6, 6.07) is 0. The van der Waals surface area contributed by atoms with Crippen LogP contribution in [0.3, 0.4) is 0 Å². The highest BCUT2D eigenvalue weighted by molar-refractivity contribution is 5.83. The monoisotopic (exact) mass is 148 g/mol. The Kier molecular flexibility index (Phi) is 1.34. The topological polar surface area (TPSA) is 99.7 Å². The number of hydrogen-bond donors (Lipinski definition) is 2. The van der Waals surface area contributed by atoms with Gasteiger partial charge >= 0.3 is 17.7 Å². The van der Waals surface area contributed by atoms with E-state index in [0.717, 1.165) is 0 Å². The molecule has 1 fully saturated rings. The lowest BCUT2D eigenvalue weighted by Crippen LogP contribution is -2.26. The zero-order valence-electron chi connectivity index (χ0n) is 4.73. The van der Waals surface area contributed by atoms with Gasteiger partial charge in [-0.15, -0.1) is 0 Å². The average Bonchev–Trinajstić information content (AvgIpc) is 2.46. The first-order chi connectivity index (χ1) is 4.57. The van der Waals surface area contributed by atoms with E-state index in [1.807, 2.05) is 0 Å². The molecule has 0 bridgehead atoms. The molecule has 0 aliphatic carbocycles. The van der Waals surface area contributed by atoms with Gasteiger partial charge in [0.15, 0.2) is 0 Å². The first-order valence-electron chi connectivity index (χ1n) is 2.39. The molecule has 1 aliphatic rings. The van der Waals surface area contributed by atoms with Crippen LogP contribution >= 0.6 is 0 Å². The first kappa shape index (κ1) is 6.97. The molecule has 0 saturated carbocycles. The van der Waals surface area contributed by atoms with E-state index in [9.17, 15) is 9.59 Å². The summed E-state index contributed by atoms with van der Waals surface area (Å²) in [4.78, 5) is 28.0. The van der Waals surface area contributed by atoms with Crippen molar-refractivity contribution in [1.29, 1.82) is 0 Å². The molecule has 0 amide bonds.